The summed E-state index contributed by atoms with van der Waals surface area (Å²) >= 11 is 0. The van der Waals surface area contributed by atoms with Crippen LogP contribution in [-0.4, -0.2) is 55.2 Å². The molecule has 9 N–H and O–H groups in total. The van der Waals surface area contributed by atoms with Crippen LogP contribution in [0.15, 0.2) is 0 Å². The number of hydrogen-bond acceptors (Lipinski definition) is 5. The Morgan fingerprint density at radius 2 is 0.765 bits per heavy atom. The zero-order chi connectivity index (χ0) is 13.5. The zero-order valence-electron chi connectivity index (χ0n) is 8.94. The topological polar surface area (TPSA) is 258 Å². The van der Waals surface area contributed by atoms with Gasteiger partial charge in [0.25, 0.3) is 0 Å². The molecule has 0 aromatic heterocycles. The fourth-order valence-corrected chi connectivity index (χ4v) is 0. The van der Waals surface area contributed by atoms with Crippen molar-refractivity contribution >= 4 is 28.6 Å². The summed E-state index contributed by atoms with van der Waals surface area (Å²) < 4.78 is 72.0. The average molecular weight is 352 g/mol. The van der Waals surface area contributed by atoms with Crippen LogP contribution in [0.1, 0.15) is 1.43 Å². The Morgan fingerprint density at radius 3 is 0.765 bits per heavy atom. The van der Waals surface area contributed by atoms with E-state index in [0.717, 1.165) is 0 Å². The molecule has 0 rings (SSSR count). The number of phosphoric acid groups is 1. The maximum Gasteiger partial charge on any atom is 1.00 e. The normalized spacial score (nSPS) is 10.3. The van der Waals surface area contributed by atoms with Crippen molar-refractivity contribution in [2.75, 3.05) is 0 Å². The Kier molecular flexibility index (Phi) is 22.8. The zero-order valence-corrected chi connectivity index (χ0v) is 13.6. The van der Waals surface area contributed by atoms with Crippen LogP contribution >= 0.6 is 7.82 Å². The van der Waals surface area contributed by atoms with Crippen LogP contribution in [0.5, 0.6) is 0 Å². The molecule has 0 aliphatic rings. The molecule has 0 fully saturated rings. The van der Waals surface area contributed by atoms with Crippen molar-refractivity contribution in [3.8, 4) is 0 Å². The first-order valence-corrected chi connectivity index (χ1v) is 6.54. The van der Waals surface area contributed by atoms with E-state index in [1.807, 2.05) is 0 Å². The Hall–Kier alpha value is 1.45. The molecular weight excluding hydrogens is 342 g/mol. The summed E-state index contributed by atoms with van der Waals surface area (Å²) in [7, 11) is -14.0. The van der Waals surface area contributed by atoms with E-state index in [0.29, 0.717) is 0 Å². The van der Waals surface area contributed by atoms with Gasteiger partial charge in [0.05, 0.1) is 0 Å². The van der Waals surface area contributed by atoms with Gasteiger partial charge in [0.1, 0.15) is 0 Å². The van der Waals surface area contributed by atoms with Crippen LogP contribution in [0.25, 0.3) is 0 Å². The molecule has 17 heteroatoms. The molecule has 0 aliphatic carbocycles. The van der Waals surface area contributed by atoms with Crippen molar-refractivity contribution in [3.63, 3.8) is 0 Å². The van der Waals surface area contributed by atoms with Crippen molar-refractivity contribution in [1.29, 1.82) is 0 Å². The van der Waals surface area contributed by atoms with Gasteiger partial charge in [0.15, 0.2) is 0 Å². The van der Waals surface area contributed by atoms with Crippen molar-refractivity contribution in [1.82, 2.24) is 0 Å². The second-order valence-electron chi connectivity index (χ2n) is 1.41. The summed E-state index contributed by atoms with van der Waals surface area (Å²) in [6.45, 7) is 0. The molecule has 0 saturated carbocycles. The molecule has 0 bridgehead atoms. The standard InChI is InChI=1S/K.H3O4P.2H2O4S.H2O.H/c;3*1-5(2,3)4;;/h;(H3,1,2,3,4);2*(H2,1,2,3,4);1H2;/q+1;;;;;-1. The van der Waals surface area contributed by atoms with Gasteiger partial charge in [-0.05, 0) is 0 Å². The van der Waals surface area contributed by atoms with E-state index in [2.05, 4.69) is 0 Å². The molecule has 106 valence electrons. The third-order valence-electron chi connectivity index (χ3n) is 0. The van der Waals surface area contributed by atoms with Gasteiger partial charge in [0, 0.05) is 0 Å². The second kappa shape index (κ2) is 12.5. The smallest absolute Gasteiger partial charge is 1.00 e. The van der Waals surface area contributed by atoms with Crippen molar-refractivity contribution < 1.29 is 113 Å². The fourth-order valence-electron chi connectivity index (χ4n) is 0. The van der Waals surface area contributed by atoms with Crippen LogP contribution in [-0.2, 0) is 25.4 Å². The third kappa shape index (κ3) is 1990. The van der Waals surface area contributed by atoms with E-state index in [1.54, 1.807) is 0 Å². The SMILES string of the molecule is O.O=P(O)(O)O.O=S(=O)(O)O.O=S(=O)(O)O.[H-].[K+]. The first kappa shape index (κ1) is 31.1. The largest absolute Gasteiger partial charge is 1.00 e. The van der Waals surface area contributed by atoms with E-state index < -0.39 is 28.6 Å². The molecule has 13 nitrogen and oxygen atoms in total. The molecule has 0 aromatic carbocycles. The van der Waals surface area contributed by atoms with Crippen molar-refractivity contribution in [2.24, 2.45) is 0 Å². The molecule has 0 radical (unpaired) electrons. The Morgan fingerprint density at radius 1 is 0.765 bits per heavy atom. The van der Waals surface area contributed by atoms with Gasteiger partial charge in [-0.3, -0.25) is 18.2 Å². The van der Waals surface area contributed by atoms with Gasteiger partial charge in [-0.15, -0.1) is 0 Å². The van der Waals surface area contributed by atoms with Gasteiger partial charge in [-0.1, -0.05) is 0 Å². The molecule has 0 aliphatic heterocycles. The number of rotatable bonds is 0. The maximum absolute atomic E-state index is 8.88. The average Bonchev–Trinajstić information content (AvgIpc) is 1.41. The van der Waals surface area contributed by atoms with Gasteiger partial charge in [-0.25, -0.2) is 4.57 Å². The van der Waals surface area contributed by atoms with Crippen LogP contribution in [0.2, 0.25) is 0 Å². The van der Waals surface area contributed by atoms with Crippen LogP contribution in [0, 0.1) is 0 Å². The Labute approximate surface area is 139 Å². The third-order valence-corrected chi connectivity index (χ3v) is 0. The molecule has 0 saturated heterocycles. The molecule has 0 unspecified atom stereocenters. The molecule has 0 amide bonds. The summed E-state index contributed by atoms with van der Waals surface area (Å²) in [5.41, 5.74) is 0. The number of hydrogen-bond donors (Lipinski definition) is 7. The van der Waals surface area contributed by atoms with Crippen LogP contribution in [0.3, 0.4) is 0 Å². The van der Waals surface area contributed by atoms with E-state index in [4.69, 9.17) is 54.3 Å². The monoisotopic (exact) mass is 352 g/mol. The Bertz CT molecular complexity index is 332. The van der Waals surface area contributed by atoms with Gasteiger partial charge in [0.2, 0.25) is 0 Å². The predicted molar refractivity (Wildman–Crippen MR) is 47.3 cm³/mol. The van der Waals surface area contributed by atoms with Crippen molar-refractivity contribution in [3.05, 3.63) is 0 Å². The summed E-state index contributed by atoms with van der Waals surface area (Å²) in [6.07, 6.45) is 0. The molecule has 17 heavy (non-hydrogen) atoms. The first-order chi connectivity index (χ1) is 6.00. The van der Waals surface area contributed by atoms with Crippen LogP contribution < -0.4 is 51.4 Å². The quantitative estimate of drug-likeness (QED) is 0.122. The molecule has 0 heterocycles. The van der Waals surface area contributed by atoms with Crippen LogP contribution in [0.4, 0.5) is 0 Å². The van der Waals surface area contributed by atoms with E-state index >= 15 is 0 Å². The van der Waals surface area contributed by atoms with E-state index in [1.165, 1.54) is 0 Å². The van der Waals surface area contributed by atoms with Gasteiger partial charge < -0.3 is 21.6 Å². The summed E-state index contributed by atoms with van der Waals surface area (Å²) in [5.74, 6) is 0. The van der Waals surface area contributed by atoms with Crippen molar-refractivity contribution in [2.45, 2.75) is 0 Å². The fraction of sp³-hybridized carbons (Fsp3) is 0. The first-order valence-electron chi connectivity index (χ1n) is 2.18. The van der Waals surface area contributed by atoms with Gasteiger partial charge >= 0.3 is 80.0 Å². The second-order valence-corrected chi connectivity index (χ2v) is 4.23. The predicted octanol–water partition coefficient (Wildman–Crippen LogP) is -5.94. The summed E-state index contributed by atoms with van der Waals surface area (Å²) in [5, 5.41) is 0. The van der Waals surface area contributed by atoms with E-state index in [-0.39, 0.29) is 58.3 Å². The van der Waals surface area contributed by atoms with E-state index in [9.17, 15) is 0 Å². The maximum atomic E-state index is 8.88. The Balaban J connectivity index is -0.0000000277. The molecule has 0 spiro atoms. The molecule has 0 aromatic rings. The summed E-state index contributed by atoms with van der Waals surface area (Å²) in [4.78, 5) is 21.6. The summed E-state index contributed by atoms with van der Waals surface area (Å²) in [6, 6.07) is 0. The minimum atomic E-state index is -4.67. The molecular formula is H10KO13PS2. The minimum Gasteiger partial charge on any atom is -1.00 e. The minimum absolute atomic E-state index is 0. The molecule has 0 atom stereocenters. The van der Waals surface area contributed by atoms with Gasteiger partial charge in [-0.2, -0.15) is 16.8 Å².